The van der Waals surface area contributed by atoms with E-state index in [0.717, 1.165) is 38.9 Å². The van der Waals surface area contributed by atoms with Crippen molar-refractivity contribution in [3.63, 3.8) is 0 Å². The summed E-state index contributed by atoms with van der Waals surface area (Å²) in [6, 6.07) is 72.7. The van der Waals surface area contributed by atoms with Crippen molar-refractivity contribution in [3.8, 4) is 28.3 Å². The van der Waals surface area contributed by atoms with Gasteiger partial charge in [0.1, 0.15) is 0 Å². The van der Waals surface area contributed by atoms with Crippen LogP contribution in [0.5, 0.6) is 0 Å². The average molecular weight is 847 g/mol. The van der Waals surface area contributed by atoms with Crippen LogP contribution in [0.2, 0.25) is 0 Å². The standard InChI is InChI=1S/C62H46N4/c1-61(2)48-26-16-17-27-53(48)65(45-23-12-7-13-24-45)54-34-31-43(37-50(54)61)42-30-33-52-47(36-42)56-46-25-15-14-18-39(46)29-35-55(56)66(52)60-63-51-32-28-44-38-49(40-19-8-5-9-20-40)62(3,4)58(44)57(51)59(64-60)41-21-10-6-11-22-41/h5-38H,1-4H3. The summed E-state index contributed by atoms with van der Waals surface area (Å²) in [7, 11) is 0. The molecule has 4 nitrogen and oxygen atoms in total. The second kappa shape index (κ2) is 14.2. The van der Waals surface area contributed by atoms with E-state index in [2.05, 4.69) is 243 Å². The number of fused-ring (bicyclic) bond motifs is 10. The first-order chi connectivity index (χ1) is 32.3. The third-order valence-electron chi connectivity index (χ3n) is 14.5. The van der Waals surface area contributed by atoms with Crippen LogP contribution in [0.15, 0.2) is 200 Å². The molecule has 0 saturated carbocycles. The molecule has 0 N–H and O–H groups in total. The number of hydrogen-bond acceptors (Lipinski definition) is 3. The Morgan fingerprint density at radius 1 is 0.439 bits per heavy atom. The Morgan fingerprint density at radius 3 is 1.89 bits per heavy atom. The molecule has 13 rings (SSSR count). The van der Waals surface area contributed by atoms with Crippen molar-refractivity contribution in [2.75, 3.05) is 4.90 Å². The van der Waals surface area contributed by atoms with Crippen LogP contribution in [0.1, 0.15) is 55.5 Å². The van der Waals surface area contributed by atoms with Gasteiger partial charge in [-0.3, -0.25) is 4.57 Å². The van der Waals surface area contributed by atoms with Crippen molar-refractivity contribution in [2.45, 2.75) is 38.5 Å². The Balaban J connectivity index is 1.03. The lowest BCUT2D eigenvalue weighted by molar-refractivity contribution is 0.632. The van der Waals surface area contributed by atoms with Gasteiger partial charge < -0.3 is 4.90 Å². The molecule has 0 fully saturated rings. The maximum absolute atomic E-state index is 5.65. The molecule has 3 heterocycles. The molecule has 0 spiro atoms. The minimum absolute atomic E-state index is 0.220. The normalized spacial score (nSPS) is 14.7. The summed E-state index contributed by atoms with van der Waals surface area (Å²) < 4.78 is 2.30. The van der Waals surface area contributed by atoms with Gasteiger partial charge in [0.15, 0.2) is 0 Å². The van der Waals surface area contributed by atoms with E-state index in [0.29, 0.717) is 5.95 Å². The maximum atomic E-state index is 5.65. The Kier molecular flexibility index (Phi) is 8.26. The van der Waals surface area contributed by atoms with E-state index in [4.69, 9.17) is 9.97 Å². The highest BCUT2D eigenvalue weighted by atomic mass is 15.2. The molecule has 0 radical (unpaired) electrons. The highest BCUT2D eigenvalue weighted by Crippen LogP contribution is 2.54. The van der Waals surface area contributed by atoms with Crippen LogP contribution in [0.4, 0.5) is 17.1 Å². The largest absolute Gasteiger partial charge is 0.310 e. The molecule has 9 aromatic carbocycles. The second-order valence-electron chi connectivity index (χ2n) is 19.0. The lowest BCUT2D eigenvalue weighted by atomic mass is 9.73. The summed E-state index contributed by atoms with van der Waals surface area (Å²) in [6.45, 7) is 9.41. The first kappa shape index (κ1) is 38.4. The molecular weight excluding hydrogens is 801 g/mol. The van der Waals surface area contributed by atoms with Gasteiger partial charge in [-0.15, -0.1) is 0 Å². The van der Waals surface area contributed by atoms with E-state index in [1.165, 1.54) is 77.4 Å². The van der Waals surface area contributed by atoms with E-state index in [1.807, 2.05) is 0 Å². The molecule has 0 unspecified atom stereocenters. The fourth-order valence-electron chi connectivity index (χ4n) is 11.4. The van der Waals surface area contributed by atoms with Crippen LogP contribution >= 0.6 is 0 Å². The third-order valence-corrected chi connectivity index (χ3v) is 14.5. The first-order valence-electron chi connectivity index (χ1n) is 23.0. The number of allylic oxidation sites excluding steroid dienone is 1. The number of benzene rings is 9. The van der Waals surface area contributed by atoms with Gasteiger partial charge in [-0.1, -0.05) is 173 Å². The summed E-state index contributed by atoms with van der Waals surface area (Å²) >= 11 is 0. The Morgan fingerprint density at radius 2 is 1.09 bits per heavy atom. The van der Waals surface area contributed by atoms with Crippen LogP contribution in [0.3, 0.4) is 0 Å². The predicted octanol–water partition coefficient (Wildman–Crippen LogP) is 16.2. The number of nitrogens with zero attached hydrogens (tertiary/aromatic N) is 4. The van der Waals surface area contributed by atoms with Crippen molar-refractivity contribution in [2.24, 2.45) is 0 Å². The number of para-hydroxylation sites is 2. The quantitative estimate of drug-likeness (QED) is 0.173. The van der Waals surface area contributed by atoms with Crippen LogP contribution < -0.4 is 4.90 Å². The maximum Gasteiger partial charge on any atom is 0.235 e. The van der Waals surface area contributed by atoms with Gasteiger partial charge in [-0.2, -0.15) is 0 Å². The number of rotatable bonds is 5. The van der Waals surface area contributed by atoms with E-state index < -0.39 is 0 Å². The van der Waals surface area contributed by atoms with Gasteiger partial charge in [0, 0.05) is 38.2 Å². The predicted molar refractivity (Wildman–Crippen MR) is 276 cm³/mol. The molecule has 314 valence electrons. The monoisotopic (exact) mass is 846 g/mol. The summed E-state index contributed by atoms with van der Waals surface area (Å²) in [5.74, 6) is 0.659. The van der Waals surface area contributed by atoms with Gasteiger partial charge in [0.2, 0.25) is 5.95 Å². The average Bonchev–Trinajstić information content (AvgIpc) is 3.85. The van der Waals surface area contributed by atoms with Crippen molar-refractivity contribution >= 4 is 72.2 Å². The fourth-order valence-corrected chi connectivity index (χ4v) is 11.4. The molecule has 66 heavy (non-hydrogen) atoms. The van der Waals surface area contributed by atoms with Gasteiger partial charge in [-0.25, -0.2) is 9.97 Å². The Hall–Kier alpha value is -8.08. The summed E-state index contributed by atoms with van der Waals surface area (Å²) in [6.07, 6.45) is 2.37. The number of anilines is 3. The number of aromatic nitrogens is 3. The second-order valence-corrected chi connectivity index (χ2v) is 19.0. The van der Waals surface area contributed by atoms with E-state index in [9.17, 15) is 0 Å². The fraction of sp³-hybridized carbons (Fsp3) is 0.0968. The van der Waals surface area contributed by atoms with Gasteiger partial charge in [0.05, 0.1) is 33.6 Å². The van der Waals surface area contributed by atoms with Crippen LogP contribution in [-0.4, -0.2) is 14.5 Å². The molecule has 0 atom stereocenters. The number of hydrogen-bond donors (Lipinski definition) is 0. The van der Waals surface area contributed by atoms with E-state index >= 15 is 0 Å². The Labute approximate surface area is 384 Å². The molecular formula is C62H46N4. The molecule has 11 aromatic rings. The van der Waals surface area contributed by atoms with Crippen molar-refractivity contribution in [1.29, 1.82) is 0 Å². The van der Waals surface area contributed by atoms with Crippen LogP contribution in [0, 0.1) is 0 Å². The smallest absolute Gasteiger partial charge is 0.235 e. The lowest BCUT2D eigenvalue weighted by Gasteiger charge is -2.42. The molecule has 1 aliphatic heterocycles. The summed E-state index contributed by atoms with van der Waals surface area (Å²) in [5.41, 5.74) is 18.2. The zero-order chi connectivity index (χ0) is 44.3. The lowest BCUT2D eigenvalue weighted by Crippen LogP contribution is -2.30. The van der Waals surface area contributed by atoms with E-state index in [1.54, 1.807) is 0 Å². The molecule has 2 aliphatic rings. The van der Waals surface area contributed by atoms with Crippen molar-refractivity contribution < 1.29 is 0 Å². The highest BCUT2D eigenvalue weighted by molar-refractivity contribution is 6.22. The highest BCUT2D eigenvalue weighted by Gasteiger charge is 2.38. The molecule has 0 bridgehead atoms. The first-order valence-corrected chi connectivity index (χ1v) is 23.0. The Bertz CT molecular complexity index is 3800. The molecule has 1 aliphatic carbocycles. The zero-order valence-corrected chi connectivity index (χ0v) is 37.4. The van der Waals surface area contributed by atoms with Crippen LogP contribution in [0.25, 0.3) is 83.5 Å². The SMILES string of the molecule is CC1(C)C(c2ccccc2)=Cc2ccc3nc(-n4c5ccc(-c6ccc7c(c6)C(C)(C)c6ccccc6N7c6ccccc6)cc5c5c6ccccc6ccc54)nc(-c4ccccc4)c3c21. The molecule has 0 amide bonds. The minimum Gasteiger partial charge on any atom is -0.310 e. The topological polar surface area (TPSA) is 34.0 Å². The molecule has 2 aromatic heterocycles. The summed E-state index contributed by atoms with van der Waals surface area (Å²) in [4.78, 5) is 13.6. The zero-order valence-electron chi connectivity index (χ0n) is 37.4. The van der Waals surface area contributed by atoms with Gasteiger partial charge in [0.25, 0.3) is 0 Å². The van der Waals surface area contributed by atoms with Crippen molar-refractivity contribution in [3.05, 3.63) is 228 Å². The minimum atomic E-state index is -0.276. The van der Waals surface area contributed by atoms with Crippen molar-refractivity contribution in [1.82, 2.24) is 14.5 Å². The van der Waals surface area contributed by atoms with Gasteiger partial charge >= 0.3 is 0 Å². The molecule has 0 saturated heterocycles. The molecule has 4 heteroatoms. The third kappa shape index (κ3) is 5.58. The van der Waals surface area contributed by atoms with Gasteiger partial charge in [-0.05, 0) is 116 Å². The van der Waals surface area contributed by atoms with Crippen LogP contribution in [-0.2, 0) is 10.8 Å². The van der Waals surface area contributed by atoms with E-state index in [-0.39, 0.29) is 10.8 Å². The summed E-state index contributed by atoms with van der Waals surface area (Å²) in [5, 5.41) is 5.88.